The smallest absolute Gasteiger partial charge is 0.0622 e. The van der Waals surface area contributed by atoms with Gasteiger partial charge in [0.1, 0.15) is 0 Å². The number of hydrogen-bond acceptors (Lipinski definition) is 3. The molecule has 0 aromatic rings. The summed E-state index contributed by atoms with van der Waals surface area (Å²) in [4.78, 5) is 0. The minimum atomic E-state index is 0.652. The number of ether oxygens (including phenoxy) is 1. The predicted molar refractivity (Wildman–Crippen MR) is 53.4 cm³/mol. The lowest BCUT2D eigenvalue weighted by molar-refractivity contribution is 0.132. The van der Waals surface area contributed by atoms with Gasteiger partial charge in [0, 0.05) is 19.6 Å². The van der Waals surface area contributed by atoms with Crippen molar-refractivity contribution < 1.29 is 4.74 Å². The Balaban J connectivity index is 2.80. The zero-order chi connectivity index (χ0) is 9.78. The molecular weight excluding hydrogens is 164 g/mol. The zero-order valence-corrected chi connectivity index (χ0v) is 8.51. The van der Waals surface area contributed by atoms with E-state index in [1.807, 2.05) is 0 Å². The summed E-state index contributed by atoms with van der Waals surface area (Å²) in [7, 11) is 0. The van der Waals surface area contributed by atoms with Gasteiger partial charge >= 0.3 is 0 Å². The molecule has 0 spiro atoms. The van der Waals surface area contributed by atoms with E-state index in [1.54, 1.807) is 0 Å². The van der Waals surface area contributed by atoms with E-state index in [0.717, 1.165) is 45.6 Å². The highest BCUT2D eigenvalue weighted by Gasteiger charge is 1.89. The zero-order valence-electron chi connectivity index (χ0n) is 8.51. The topological polar surface area (TPSA) is 45.0 Å². The first-order valence-corrected chi connectivity index (χ1v) is 5.07. The molecule has 1 N–H and O–H groups in total. The van der Waals surface area contributed by atoms with Gasteiger partial charge in [-0.3, -0.25) is 0 Å². The summed E-state index contributed by atoms with van der Waals surface area (Å²) in [5.74, 6) is 0. The third-order valence-electron chi connectivity index (χ3n) is 1.63. The maximum absolute atomic E-state index is 8.27. The van der Waals surface area contributed by atoms with Crippen molar-refractivity contribution in [3.63, 3.8) is 0 Å². The van der Waals surface area contributed by atoms with Crippen LogP contribution in [0, 0.1) is 11.3 Å². The van der Waals surface area contributed by atoms with Crippen molar-refractivity contribution in [1.82, 2.24) is 5.32 Å². The van der Waals surface area contributed by atoms with Crippen molar-refractivity contribution in [2.45, 2.75) is 32.6 Å². The molecule has 76 valence electrons. The third-order valence-corrected chi connectivity index (χ3v) is 1.63. The average molecular weight is 184 g/mol. The molecule has 0 aliphatic heterocycles. The van der Waals surface area contributed by atoms with Crippen LogP contribution in [-0.2, 0) is 4.74 Å². The van der Waals surface area contributed by atoms with Gasteiger partial charge in [0.05, 0.1) is 6.07 Å². The van der Waals surface area contributed by atoms with Gasteiger partial charge in [0.15, 0.2) is 0 Å². The monoisotopic (exact) mass is 184 g/mol. The summed E-state index contributed by atoms with van der Waals surface area (Å²) in [6.07, 6.45) is 3.76. The first-order valence-electron chi connectivity index (χ1n) is 5.07. The standard InChI is InChI=1S/C10H20N2O/c1-2-9-13-10-5-8-12-7-4-3-6-11/h12H,2-5,7-10H2,1H3. The molecule has 0 aliphatic rings. The second kappa shape index (κ2) is 11.4. The first-order chi connectivity index (χ1) is 6.41. The lowest BCUT2D eigenvalue weighted by Crippen LogP contribution is -2.18. The molecule has 0 unspecified atom stereocenters. The van der Waals surface area contributed by atoms with Crippen molar-refractivity contribution in [3.05, 3.63) is 0 Å². The van der Waals surface area contributed by atoms with Crippen molar-refractivity contribution in [1.29, 1.82) is 5.26 Å². The van der Waals surface area contributed by atoms with E-state index in [-0.39, 0.29) is 0 Å². The number of rotatable bonds is 9. The summed E-state index contributed by atoms with van der Waals surface area (Å²) in [6, 6.07) is 2.12. The Bertz CT molecular complexity index is 131. The van der Waals surface area contributed by atoms with Crippen molar-refractivity contribution in [2.75, 3.05) is 26.3 Å². The van der Waals surface area contributed by atoms with Gasteiger partial charge < -0.3 is 10.1 Å². The van der Waals surface area contributed by atoms with E-state index in [1.165, 1.54) is 0 Å². The summed E-state index contributed by atoms with van der Waals surface area (Å²) >= 11 is 0. The quantitative estimate of drug-likeness (QED) is 0.555. The van der Waals surface area contributed by atoms with Crippen LogP contribution in [0.2, 0.25) is 0 Å². The highest BCUT2D eigenvalue weighted by Crippen LogP contribution is 1.85. The van der Waals surface area contributed by atoms with Crippen molar-refractivity contribution >= 4 is 0 Å². The van der Waals surface area contributed by atoms with Crippen LogP contribution in [-0.4, -0.2) is 26.3 Å². The van der Waals surface area contributed by atoms with Crippen LogP contribution in [0.1, 0.15) is 32.6 Å². The van der Waals surface area contributed by atoms with Crippen LogP contribution in [0.15, 0.2) is 0 Å². The first kappa shape index (κ1) is 12.4. The van der Waals surface area contributed by atoms with Gasteiger partial charge in [-0.1, -0.05) is 6.92 Å². The van der Waals surface area contributed by atoms with Crippen LogP contribution >= 0.6 is 0 Å². The minimum absolute atomic E-state index is 0.652. The van der Waals surface area contributed by atoms with Gasteiger partial charge in [0.25, 0.3) is 0 Å². The fourth-order valence-corrected chi connectivity index (χ4v) is 0.963. The van der Waals surface area contributed by atoms with Crippen LogP contribution in [0.25, 0.3) is 0 Å². The van der Waals surface area contributed by atoms with Crippen LogP contribution in [0.5, 0.6) is 0 Å². The molecule has 0 atom stereocenters. The van der Waals surface area contributed by atoms with Gasteiger partial charge in [-0.05, 0) is 32.4 Å². The van der Waals surface area contributed by atoms with E-state index >= 15 is 0 Å². The molecule has 0 amide bonds. The van der Waals surface area contributed by atoms with Gasteiger partial charge in [-0.25, -0.2) is 0 Å². The number of nitrogens with one attached hydrogen (secondary N) is 1. The van der Waals surface area contributed by atoms with Gasteiger partial charge in [-0.15, -0.1) is 0 Å². The maximum atomic E-state index is 8.27. The highest BCUT2D eigenvalue weighted by atomic mass is 16.5. The van der Waals surface area contributed by atoms with E-state index in [2.05, 4.69) is 18.3 Å². The second-order valence-corrected chi connectivity index (χ2v) is 2.98. The second-order valence-electron chi connectivity index (χ2n) is 2.98. The molecular formula is C10H20N2O. The molecule has 3 heteroatoms. The molecule has 0 saturated heterocycles. The number of hydrogen-bond donors (Lipinski definition) is 1. The fraction of sp³-hybridized carbons (Fsp3) is 0.900. The maximum Gasteiger partial charge on any atom is 0.0622 e. The van der Waals surface area contributed by atoms with E-state index < -0.39 is 0 Å². The minimum Gasteiger partial charge on any atom is -0.381 e. The molecule has 0 radical (unpaired) electrons. The molecule has 0 aromatic carbocycles. The molecule has 0 fully saturated rings. The molecule has 0 aliphatic carbocycles. The fourth-order valence-electron chi connectivity index (χ4n) is 0.963. The average Bonchev–Trinajstić information content (AvgIpc) is 2.16. The van der Waals surface area contributed by atoms with Crippen LogP contribution < -0.4 is 5.32 Å². The van der Waals surface area contributed by atoms with Crippen molar-refractivity contribution in [2.24, 2.45) is 0 Å². The molecule has 3 nitrogen and oxygen atoms in total. The summed E-state index contributed by atoms with van der Waals surface area (Å²) < 4.78 is 5.32. The summed E-state index contributed by atoms with van der Waals surface area (Å²) in [5.41, 5.74) is 0. The van der Waals surface area contributed by atoms with E-state index in [0.29, 0.717) is 6.42 Å². The molecule has 13 heavy (non-hydrogen) atoms. The predicted octanol–water partition coefficient (Wildman–Crippen LogP) is 1.70. The van der Waals surface area contributed by atoms with E-state index in [4.69, 9.17) is 10.00 Å². The highest BCUT2D eigenvalue weighted by molar-refractivity contribution is 4.68. The van der Waals surface area contributed by atoms with Crippen LogP contribution in [0.3, 0.4) is 0 Å². The lowest BCUT2D eigenvalue weighted by atomic mass is 10.3. The Morgan fingerprint density at radius 1 is 1.23 bits per heavy atom. The number of unbranched alkanes of at least 4 members (excludes halogenated alkanes) is 1. The molecule has 0 rings (SSSR count). The van der Waals surface area contributed by atoms with Gasteiger partial charge in [-0.2, -0.15) is 5.26 Å². The molecule has 0 aromatic heterocycles. The SMILES string of the molecule is CCCOCCCNCCCC#N. The molecule has 0 heterocycles. The Hall–Kier alpha value is -0.590. The normalized spacial score (nSPS) is 9.85. The molecule has 0 bridgehead atoms. The number of nitriles is 1. The lowest BCUT2D eigenvalue weighted by Gasteiger charge is -2.03. The van der Waals surface area contributed by atoms with Crippen LogP contribution in [0.4, 0.5) is 0 Å². The summed E-state index contributed by atoms with van der Waals surface area (Å²) in [5, 5.41) is 11.5. The van der Waals surface area contributed by atoms with E-state index in [9.17, 15) is 0 Å². The Morgan fingerprint density at radius 3 is 2.69 bits per heavy atom. The largest absolute Gasteiger partial charge is 0.381 e. The number of nitrogens with zero attached hydrogens (tertiary/aromatic N) is 1. The Kier molecular flexibility index (Phi) is 10.9. The summed E-state index contributed by atoms with van der Waals surface area (Å²) in [6.45, 7) is 5.77. The Labute approximate surface area is 81.1 Å². The van der Waals surface area contributed by atoms with Crippen molar-refractivity contribution in [3.8, 4) is 6.07 Å². The Morgan fingerprint density at radius 2 is 2.00 bits per heavy atom. The molecule has 0 saturated carbocycles. The third kappa shape index (κ3) is 11.4. The van der Waals surface area contributed by atoms with Gasteiger partial charge in [0.2, 0.25) is 0 Å².